The van der Waals surface area contributed by atoms with Gasteiger partial charge in [-0.1, -0.05) is 60.7 Å². The third kappa shape index (κ3) is 2.31. The number of carbonyl (C=O) groups excluding carboxylic acids is 2. The average Bonchev–Trinajstić information content (AvgIpc) is 2.84. The van der Waals surface area contributed by atoms with Crippen LogP contribution in [0.15, 0.2) is 66.2 Å². The number of aliphatic hydroxyl groups is 1. The number of ketones is 1. The topological polar surface area (TPSA) is 66.4 Å². The predicted octanol–water partition coefficient (Wildman–Crippen LogP) is 2.40. The van der Waals surface area contributed by atoms with E-state index in [4.69, 9.17) is 0 Å². The van der Waals surface area contributed by atoms with Crippen LogP contribution < -0.4 is 5.32 Å². The van der Waals surface area contributed by atoms with Crippen molar-refractivity contribution >= 4 is 17.4 Å². The van der Waals surface area contributed by atoms with Gasteiger partial charge >= 0.3 is 0 Å². The first-order valence-electron chi connectivity index (χ1n) is 6.57. The van der Waals surface area contributed by atoms with Gasteiger partial charge in [-0.25, -0.2) is 0 Å². The van der Waals surface area contributed by atoms with Gasteiger partial charge in [0.15, 0.2) is 0 Å². The Labute approximate surface area is 121 Å². The Bertz CT molecular complexity index is 720. The summed E-state index contributed by atoms with van der Waals surface area (Å²) in [6, 6.07) is 17.2. The quantitative estimate of drug-likeness (QED) is 0.504. The van der Waals surface area contributed by atoms with Gasteiger partial charge in [0.05, 0.1) is 11.6 Å². The molecular formula is C17H13NO3. The molecule has 0 aromatic heterocycles. The van der Waals surface area contributed by atoms with Gasteiger partial charge in [0.2, 0.25) is 0 Å². The monoisotopic (exact) mass is 279 g/mol. The molecule has 4 nitrogen and oxygen atoms in total. The largest absolute Gasteiger partial charge is 0.507 e. The van der Waals surface area contributed by atoms with Crippen molar-refractivity contribution in [3.63, 3.8) is 0 Å². The average molecular weight is 279 g/mol. The van der Waals surface area contributed by atoms with Crippen LogP contribution in [0.5, 0.6) is 0 Å². The van der Waals surface area contributed by atoms with Crippen LogP contribution in [0.25, 0.3) is 5.76 Å². The molecule has 0 radical (unpaired) electrons. The number of rotatable bonds is 2. The summed E-state index contributed by atoms with van der Waals surface area (Å²) >= 11 is 0. The molecule has 1 saturated heterocycles. The minimum absolute atomic E-state index is 0.0948. The number of nitrogens with one attached hydrogen (secondary N) is 1. The molecule has 2 aromatic carbocycles. The maximum Gasteiger partial charge on any atom is 0.293 e. The maximum absolute atomic E-state index is 12.1. The molecule has 0 spiro atoms. The molecular weight excluding hydrogens is 266 g/mol. The van der Waals surface area contributed by atoms with E-state index in [2.05, 4.69) is 5.32 Å². The van der Waals surface area contributed by atoms with Crippen LogP contribution in [-0.4, -0.2) is 16.8 Å². The molecule has 2 aromatic rings. The standard InChI is InChI=1S/C17H13NO3/c19-15(12-9-5-2-6-10-12)13-14(18-17(21)16(13)20)11-7-3-1-4-8-11/h1-10,14,19H,(H,18,21)/t14-/m0/s1. The molecule has 3 rings (SSSR count). The van der Waals surface area contributed by atoms with E-state index in [0.29, 0.717) is 5.56 Å². The third-order valence-corrected chi connectivity index (χ3v) is 3.45. The van der Waals surface area contributed by atoms with Gasteiger partial charge in [0, 0.05) is 5.56 Å². The molecule has 0 unspecified atom stereocenters. The van der Waals surface area contributed by atoms with Crippen molar-refractivity contribution in [3.8, 4) is 0 Å². The van der Waals surface area contributed by atoms with Crippen molar-refractivity contribution in [2.75, 3.05) is 0 Å². The molecule has 0 aliphatic carbocycles. The minimum Gasteiger partial charge on any atom is -0.507 e. The lowest BCUT2D eigenvalue weighted by Crippen LogP contribution is -2.21. The molecule has 4 heteroatoms. The predicted molar refractivity (Wildman–Crippen MR) is 78.3 cm³/mol. The summed E-state index contributed by atoms with van der Waals surface area (Å²) in [5.74, 6) is -1.54. The van der Waals surface area contributed by atoms with Crippen molar-refractivity contribution in [1.29, 1.82) is 0 Å². The second kappa shape index (κ2) is 5.25. The summed E-state index contributed by atoms with van der Waals surface area (Å²) in [7, 11) is 0. The van der Waals surface area contributed by atoms with Gasteiger partial charge in [0.1, 0.15) is 5.76 Å². The van der Waals surface area contributed by atoms with E-state index in [1.54, 1.807) is 24.3 Å². The molecule has 1 heterocycles. The molecule has 1 aliphatic heterocycles. The van der Waals surface area contributed by atoms with Crippen molar-refractivity contribution in [2.24, 2.45) is 0 Å². The molecule has 0 saturated carbocycles. The van der Waals surface area contributed by atoms with Crippen molar-refractivity contribution in [2.45, 2.75) is 6.04 Å². The van der Waals surface area contributed by atoms with Gasteiger partial charge < -0.3 is 10.4 Å². The maximum atomic E-state index is 12.1. The first kappa shape index (κ1) is 13.1. The zero-order chi connectivity index (χ0) is 14.8. The Morgan fingerprint density at radius 3 is 2.10 bits per heavy atom. The van der Waals surface area contributed by atoms with E-state index in [1.165, 1.54) is 0 Å². The fourth-order valence-electron chi connectivity index (χ4n) is 2.41. The Morgan fingerprint density at radius 1 is 0.905 bits per heavy atom. The second-order valence-corrected chi connectivity index (χ2v) is 4.77. The Hall–Kier alpha value is -2.88. The van der Waals surface area contributed by atoms with Crippen LogP contribution >= 0.6 is 0 Å². The lowest BCUT2D eigenvalue weighted by Gasteiger charge is -2.13. The highest BCUT2D eigenvalue weighted by molar-refractivity contribution is 6.46. The van der Waals surface area contributed by atoms with Crippen molar-refractivity contribution in [3.05, 3.63) is 77.4 Å². The van der Waals surface area contributed by atoms with E-state index in [1.807, 2.05) is 36.4 Å². The Kier molecular flexibility index (Phi) is 3.28. The number of Topliss-reactive ketones (excluding diaryl/α,β-unsaturated/α-hetero) is 1. The molecule has 1 aliphatic rings. The molecule has 104 valence electrons. The molecule has 1 amide bonds. The van der Waals surface area contributed by atoms with Gasteiger partial charge in [-0.2, -0.15) is 0 Å². The highest BCUT2D eigenvalue weighted by Crippen LogP contribution is 2.32. The zero-order valence-electron chi connectivity index (χ0n) is 11.1. The number of benzene rings is 2. The summed E-state index contributed by atoms with van der Waals surface area (Å²) in [4.78, 5) is 23.8. The second-order valence-electron chi connectivity index (χ2n) is 4.77. The van der Waals surface area contributed by atoms with Crippen LogP contribution in [0.1, 0.15) is 17.2 Å². The van der Waals surface area contributed by atoms with Crippen LogP contribution in [0.3, 0.4) is 0 Å². The number of amides is 1. The van der Waals surface area contributed by atoms with Gasteiger partial charge in [-0.3, -0.25) is 9.59 Å². The van der Waals surface area contributed by atoms with E-state index < -0.39 is 17.7 Å². The minimum atomic E-state index is -0.693. The normalized spacial score (nSPS) is 20.3. The van der Waals surface area contributed by atoms with Crippen molar-refractivity contribution in [1.82, 2.24) is 5.32 Å². The van der Waals surface area contributed by atoms with Crippen molar-refractivity contribution < 1.29 is 14.7 Å². The van der Waals surface area contributed by atoms with E-state index in [9.17, 15) is 14.7 Å². The molecule has 0 bridgehead atoms. The first-order valence-corrected chi connectivity index (χ1v) is 6.57. The SMILES string of the molecule is O=C1N[C@@H](c2ccccc2)C(=C(O)c2ccccc2)C1=O. The summed E-state index contributed by atoms with van der Waals surface area (Å²) in [6.45, 7) is 0. The summed E-state index contributed by atoms with van der Waals surface area (Å²) in [5.41, 5.74) is 1.37. The number of carbonyl (C=O) groups is 2. The molecule has 1 fully saturated rings. The highest BCUT2D eigenvalue weighted by Gasteiger charge is 2.39. The zero-order valence-corrected chi connectivity index (χ0v) is 11.1. The fraction of sp³-hybridized carbons (Fsp3) is 0.0588. The lowest BCUT2D eigenvalue weighted by molar-refractivity contribution is -0.133. The van der Waals surface area contributed by atoms with E-state index in [-0.39, 0.29) is 11.3 Å². The first-order chi connectivity index (χ1) is 10.2. The fourth-order valence-corrected chi connectivity index (χ4v) is 2.41. The van der Waals surface area contributed by atoms with Gasteiger partial charge in [-0.15, -0.1) is 0 Å². The molecule has 21 heavy (non-hydrogen) atoms. The van der Waals surface area contributed by atoms with E-state index >= 15 is 0 Å². The highest BCUT2D eigenvalue weighted by atomic mass is 16.3. The summed E-state index contributed by atoms with van der Waals surface area (Å²) in [5, 5.41) is 13.0. The number of aliphatic hydroxyl groups excluding tert-OH is 1. The van der Waals surface area contributed by atoms with Crippen LogP contribution in [0, 0.1) is 0 Å². The van der Waals surface area contributed by atoms with Gasteiger partial charge in [0.25, 0.3) is 11.7 Å². The number of hydrogen-bond donors (Lipinski definition) is 2. The van der Waals surface area contributed by atoms with Crippen LogP contribution in [-0.2, 0) is 9.59 Å². The third-order valence-electron chi connectivity index (χ3n) is 3.45. The molecule has 2 N–H and O–H groups in total. The van der Waals surface area contributed by atoms with Crippen LogP contribution in [0.2, 0.25) is 0 Å². The molecule has 1 atom stereocenters. The smallest absolute Gasteiger partial charge is 0.293 e. The van der Waals surface area contributed by atoms with Gasteiger partial charge in [-0.05, 0) is 5.56 Å². The summed E-state index contributed by atoms with van der Waals surface area (Å²) in [6.07, 6.45) is 0. The Balaban J connectivity index is 2.13. The lowest BCUT2D eigenvalue weighted by atomic mass is 9.96. The van der Waals surface area contributed by atoms with E-state index in [0.717, 1.165) is 5.56 Å². The Morgan fingerprint density at radius 2 is 1.48 bits per heavy atom. The van der Waals surface area contributed by atoms with Crippen LogP contribution in [0.4, 0.5) is 0 Å². The number of hydrogen-bond acceptors (Lipinski definition) is 3. The summed E-state index contributed by atoms with van der Waals surface area (Å²) < 4.78 is 0.